The molecule has 0 radical (unpaired) electrons. The van der Waals surface area contributed by atoms with Gasteiger partial charge in [-0.15, -0.1) is 0 Å². The van der Waals surface area contributed by atoms with Crippen LogP contribution >= 0.6 is 0 Å². The van der Waals surface area contributed by atoms with Crippen molar-refractivity contribution < 1.29 is 14.3 Å². The molecule has 1 aliphatic heterocycles. The molecule has 5 heteroatoms. The van der Waals surface area contributed by atoms with Gasteiger partial charge in [-0.2, -0.15) is 0 Å². The van der Waals surface area contributed by atoms with Crippen molar-refractivity contribution in [2.75, 3.05) is 32.8 Å². The molecule has 1 amide bonds. The third kappa shape index (κ3) is 3.90. The maximum Gasteiger partial charge on any atom is 0.239 e. The van der Waals surface area contributed by atoms with Crippen LogP contribution in [0.15, 0.2) is 0 Å². The van der Waals surface area contributed by atoms with Crippen molar-refractivity contribution in [1.82, 2.24) is 10.2 Å². The lowest BCUT2D eigenvalue weighted by molar-refractivity contribution is -0.134. The topological polar surface area (TPSA) is 58.6 Å². The van der Waals surface area contributed by atoms with Gasteiger partial charge in [0.1, 0.15) is 11.8 Å². The van der Waals surface area contributed by atoms with Gasteiger partial charge < -0.3 is 10.1 Å². The van der Waals surface area contributed by atoms with E-state index in [0.717, 1.165) is 6.42 Å². The van der Waals surface area contributed by atoms with Crippen LogP contribution in [-0.2, 0) is 14.3 Å². The predicted octanol–water partition coefficient (Wildman–Crippen LogP) is -0.198. The molecule has 16 heavy (non-hydrogen) atoms. The number of nitrogens with one attached hydrogen (secondary N) is 1. The molecule has 1 atom stereocenters. The summed E-state index contributed by atoms with van der Waals surface area (Å²) in [4.78, 5) is 24.8. The molecule has 0 aromatic heterocycles. The van der Waals surface area contributed by atoms with Crippen LogP contribution in [0.4, 0.5) is 0 Å². The van der Waals surface area contributed by atoms with Crippen molar-refractivity contribution in [2.24, 2.45) is 0 Å². The first kappa shape index (κ1) is 13.1. The Bertz CT molecular complexity index is 256. The number of rotatable bonds is 5. The number of ketones is 1. The second-order valence-electron chi connectivity index (χ2n) is 4.05. The van der Waals surface area contributed by atoms with E-state index in [-0.39, 0.29) is 17.7 Å². The Morgan fingerprint density at radius 3 is 2.88 bits per heavy atom. The van der Waals surface area contributed by atoms with Crippen molar-refractivity contribution in [1.29, 1.82) is 0 Å². The average molecular weight is 228 g/mol. The largest absolute Gasteiger partial charge is 0.378 e. The van der Waals surface area contributed by atoms with Gasteiger partial charge in [0.05, 0.1) is 19.8 Å². The van der Waals surface area contributed by atoms with Crippen LogP contribution in [0.5, 0.6) is 0 Å². The zero-order valence-corrected chi connectivity index (χ0v) is 9.99. The van der Waals surface area contributed by atoms with Crippen molar-refractivity contribution in [2.45, 2.75) is 26.3 Å². The highest BCUT2D eigenvalue weighted by atomic mass is 16.5. The molecular weight excluding hydrogens is 208 g/mol. The summed E-state index contributed by atoms with van der Waals surface area (Å²) in [6, 6.07) is -0.316. The summed E-state index contributed by atoms with van der Waals surface area (Å²) in [7, 11) is 0. The Balaban J connectivity index is 2.51. The fraction of sp³-hybridized carbons (Fsp3) is 0.818. The third-order valence-corrected chi connectivity index (χ3v) is 2.52. The van der Waals surface area contributed by atoms with Gasteiger partial charge in [-0.1, -0.05) is 6.92 Å². The predicted molar refractivity (Wildman–Crippen MR) is 60.2 cm³/mol. The van der Waals surface area contributed by atoms with Gasteiger partial charge in [0.25, 0.3) is 0 Å². The summed E-state index contributed by atoms with van der Waals surface area (Å²) >= 11 is 0. The third-order valence-electron chi connectivity index (χ3n) is 2.52. The molecule has 0 bridgehead atoms. The average Bonchev–Trinajstić information content (AvgIpc) is 2.26. The van der Waals surface area contributed by atoms with E-state index in [1.807, 2.05) is 11.8 Å². The molecule has 0 aromatic rings. The zero-order chi connectivity index (χ0) is 12.0. The van der Waals surface area contributed by atoms with Gasteiger partial charge in [0, 0.05) is 13.1 Å². The lowest BCUT2D eigenvalue weighted by Crippen LogP contribution is -2.54. The van der Waals surface area contributed by atoms with Crippen LogP contribution in [0.1, 0.15) is 20.3 Å². The minimum atomic E-state index is -0.316. The Hall–Kier alpha value is -0.940. The van der Waals surface area contributed by atoms with E-state index in [1.54, 1.807) is 0 Å². The molecule has 1 fully saturated rings. The Labute approximate surface area is 96.1 Å². The van der Waals surface area contributed by atoms with Crippen LogP contribution in [0.25, 0.3) is 0 Å². The molecule has 0 saturated carbocycles. The highest BCUT2D eigenvalue weighted by molar-refractivity contribution is 5.83. The maximum absolute atomic E-state index is 11.8. The second-order valence-corrected chi connectivity index (χ2v) is 4.05. The van der Waals surface area contributed by atoms with Gasteiger partial charge in [0.15, 0.2) is 0 Å². The van der Waals surface area contributed by atoms with Gasteiger partial charge in [-0.3, -0.25) is 14.5 Å². The molecule has 0 aliphatic carbocycles. The van der Waals surface area contributed by atoms with Crippen molar-refractivity contribution in [3.63, 3.8) is 0 Å². The molecule has 1 aliphatic rings. The highest BCUT2D eigenvalue weighted by Crippen LogP contribution is 2.06. The first-order valence-corrected chi connectivity index (χ1v) is 5.74. The Morgan fingerprint density at radius 1 is 1.50 bits per heavy atom. The van der Waals surface area contributed by atoms with Gasteiger partial charge >= 0.3 is 0 Å². The number of nitrogens with zero attached hydrogens (tertiary/aromatic N) is 1. The van der Waals surface area contributed by atoms with Gasteiger partial charge in [0.2, 0.25) is 5.91 Å². The standard InChI is InChI=1S/C11H20N2O3/c1-3-4-12-11(15)10-8-16-6-5-13(10)7-9(2)14/h10H,3-8H2,1-2H3,(H,12,15). The number of Topliss-reactive ketones (excluding diaryl/α,β-unsaturated/α-hetero) is 1. The van der Waals surface area contributed by atoms with Crippen molar-refractivity contribution >= 4 is 11.7 Å². The number of morpholine rings is 1. The number of ether oxygens (including phenoxy) is 1. The van der Waals surface area contributed by atoms with E-state index >= 15 is 0 Å². The van der Waals surface area contributed by atoms with Gasteiger partial charge in [-0.25, -0.2) is 0 Å². The molecule has 0 spiro atoms. The molecule has 0 aromatic carbocycles. The highest BCUT2D eigenvalue weighted by Gasteiger charge is 2.29. The van der Waals surface area contributed by atoms with E-state index in [9.17, 15) is 9.59 Å². The molecule has 1 saturated heterocycles. The summed E-state index contributed by atoms with van der Waals surface area (Å²) in [5, 5.41) is 2.83. The van der Waals surface area contributed by atoms with Gasteiger partial charge in [-0.05, 0) is 13.3 Å². The zero-order valence-electron chi connectivity index (χ0n) is 9.99. The molecule has 92 valence electrons. The summed E-state index contributed by atoms with van der Waals surface area (Å²) in [5.41, 5.74) is 0. The molecule has 1 heterocycles. The van der Waals surface area contributed by atoms with Crippen LogP contribution in [-0.4, -0.2) is 55.5 Å². The minimum Gasteiger partial charge on any atom is -0.378 e. The van der Waals surface area contributed by atoms with Crippen LogP contribution in [0.3, 0.4) is 0 Å². The number of carbonyl (C=O) groups is 2. The fourth-order valence-electron chi connectivity index (χ4n) is 1.72. The van der Waals surface area contributed by atoms with Crippen molar-refractivity contribution in [3.8, 4) is 0 Å². The first-order chi connectivity index (χ1) is 7.65. The fourth-order valence-corrected chi connectivity index (χ4v) is 1.72. The number of hydrogen-bond donors (Lipinski definition) is 1. The number of carbonyl (C=O) groups excluding carboxylic acids is 2. The van der Waals surface area contributed by atoms with Crippen molar-refractivity contribution in [3.05, 3.63) is 0 Å². The Morgan fingerprint density at radius 2 is 2.25 bits per heavy atom. The van der Waals surface area contributed by atoms with E-state index in [2.05, 4.69) is 5.32 Å². The lowest BCUT2D eigenvalue weighted by atomic mass is 10.2. The van der Waals surface area contributed by atoms with Crippen LogP contribution in [0.2, 0.25) is 0 Å². The molecule has 5 nitrogen and oxygen atoms in total. The second kappa shape index (κ2) is 6.60. The minimum absolute atomic E-state index is 0.0391. The number of amides is 1. The summed E-state index contributed by atoms with van der Waals surface area (Å²) in [6.45, 7) is 6.15. The number of hydrogen-bond acceptors (Lipinski definition) is 4. The normalized spacial score (nSPS) is 21.8. The van der Waals surface area contributed by atoms with E-state index in [1.165, 1.54) is 6.92 Å². The summed E-state index contributed by atoms with van der Waals surface area (Å²) in [5.74, 6) is 0.0398. The quantitative estimate of drug-likeness (QED) is 0.708. The van der Waals surface area contributed by atoms with E-state index in [0.29, 0.717) is 32.8 Å². The summed E-state index contributed by atoms with van der Waals surface area (Å²) < 4.78 is 5.28. The lowest BCUT2D eigenvalue weighted by Gasteiger charge is -2.33. The smallest absolute Gasteiger partial charge is 0.239 e. The van der Waals surface area contributed by atoms with E-state index in [4.69, 9.17) is 4.74 Å². The summed E-state index contributed by atoms with van der Waals surface area (Å²) in [6.07, 6.45) is 0.909. The SMILES string of the molecule is CCCNC(=O)C1COCCN1CC(C)=O. The molecule has 1 rings (SSSR count). The Kier molecular flexibility index (Phi) is 5.42. The van der Waals surface area contributed by atoms with Crippen LogP contribution < -0.4 is 5.32 Å². The molecular formula is C11H20N2O3. The molecule has 1 unspecified atom stereocenters. The maximum atomic E-state index is 11.8. The monoisotopic (exact) mass is 228 g/mol. The molecule has 1 N–H and O–H groups in total. The van der Waals surface area contributed by atoms with Crippen LogP contribution in [0, 0.1) is 0 Å². The van der Waals surface area contributed by atoms with E-state index < -0.39 is 0 Å². The first-order valence-electron chi connectivity index (χ1n) is 5.74.